The Morgan fingerprint density at radius 3 is 2.52 bits per heavy atom. The van der Waals surface area contributed by atoms with Crippen molar-refractivity contribution < 1.29 is 28.0 Å². The molecule has 0 fully saturated rings. The van der Waals surface area contributed by atoms with Gasteiger partial charge in [-0.25, -0.2) is 18.2 Å². The van der Waals surface area contributed by atoms with E-state index in [1.807, 2.05) is 0 Å². The summed E-state index contributed by atoms with van der Waals surface area (Å²) in [5.74, 6) is -1.56. The van der Waals surface area contributed by atoms with Crippen LogP contribution in [0.5, 0.6) is 0 Å². The molecule has 0 radical (unpaired) electrons. The number of nitrogens with one attached hydrogen (secondary N) is 2. The topological polar surface area (TPSA) is 133 Å². The number of fused-ring (bicyclic) bond motifs is 1. The highest BCUT2D eigenvalue weighted by atomic mass is 32.2. The number of anilines is 1. The van der Waals surface area contributed by atoms with Crippen LogP contribution in [0.15, 0.2) is 53.4 Å². The highest BCUT2D eigenvalue weighted by molar-refractivity contribution is 7.90. The molecule has 152 valence electrons. The molecule has 1 aliphatic rings. The molecule has 0 unspecified atom stereocenters. The van der Waals surface area contributed by atoms with Crippen LogP contribution in [0.25, 0.3) is 0 Å². The number of carbonyl (C=O) groups excluding carboxylic acids is 3. The number of carbonyl (C=O) groups is 3. The van der Waals surface area contributed by atoms with E-state index in [4.69, 9.17) is 5.21 Å². The summed E-state index contributed by atoms with van der Waals surface area (Å²) in [4.78, 5) is 35.8. The third kappa shape index (κ3) is 4.28. The number of sulfonamides is 1. The van der Waals surface area contributed by atoms with Gasteiger partial charge < -0.3 is 5.32 Å². The minimum absolute atomic E-state index is 0.00468. The summed E-state index contributed by atoms with van der Waals surface area (Å²) in [5.41, 5.74) is 2.25. The fraction of sp³-hybridized carbons (Fsp3) is 0.211. The molecule has 0 saturated heterocycles. The van der Waals surface area contributed by atoms with Gasteiger partial charge in [0.25, 0.3) is 21.8 Å². The lowest BCUT2D eigenvalue weighted by Gasteiger charge is -2.14. The summed E-state index contributed by atoms with van der Waals surface area (Å²) < 4.78 is 25.7. The van der Waals surface area contributed by atoms with Crippen molar-refractivity contribution in [2.75, 3.05) is 11.9 Å². The Morgan fingerprint density at radius 2 is 1.79 bits per heavy atom. The quantitative estimate of drug-likeness (QED) is 0.357. The van der Waals surface area contributed by atoms with Gasteiger partial charge in [-0.3, -0.25) is 19.6 Å². The van der Waals surface area contributed by atoms with E-state index in [0.29, 0.717) is 18.5 Å². The molecule has 1 heterocycles. The Kier molecular flexibility index (Phi) is 5.95. The molecular formula is C19H19N3O6S. The van der Waals surface area contributed by atoms with Gasteiger partial charge in [-0.2, -0.15) is 0 Å². The lowest BCUT2D eigenvalue weighted by molar-refractivity contribution is -0.116. The fourth-order valence-corrected chi connectivity index (χ4v) is 4.63. The summed E-state index contributed by atoms with van der Waals surface area (Å²) in [7, 11) is -3.84. The normalized spacial score (nSPS) is 14.4. The Hall–Kier alpha value is -3.24. The van der Waals surface area contributed by atoms with Crippen LogP contribution in [0.3, 0.4) is 0 Å². The van der Waals surface area contributed by atoms with Crippen molar-refractivity contribution >= 4 is 33.4 Å². The number of hydroxylamine groups is 1. The van der Waals surface area contributed by atoms with Crippen molar-refractivity contribution in [2.45, 2.75) is 24.2 Å². The van der Waals surface area contributed by atoms with Crippen LogP contribution >= 0.6 is 0 Å². The van der Waals surface area contributed by atoms with Crippen LogP contribution in [0.4, 0.5) is 5.69 Å². The Morgan fingerprint density at radius 1 is 1.03 bits per heavy atom. The zero-order valence-electron chi connectivity index (χ0n) is 15.3. The van der Waals surface area contributed by atoms with Crippen LogP contribution in [0.1, 0.15) is 40.0 Å². The van der Waals surface area contributed by atoms with Gasteiger partial charge in [0.05, 0.1) is 5.56 Å². The van der Waals surface area contributed by atoms with Crippen molar-refractivity contribution in [1.29, 1.82) is 0 Å². The number of benzene rings is 2. The first kappa shape index (κ1) is 20.5. The standard InChI is InChI=1S/C19H19N3O6S/c23-17(20-14-7-5-6-13(12-14)18(24)21-26)10-3-4-11-22-19(25)15-8-1-2-9-16(15)29(22,27)28/h1-2,5-9,12,26H,3-4,10-11H2,(H,20,23)(H,21,24). The number of unbranched alkanes of at least 4 members (excludes halogenated alkanes) is 1. The van der Waals surface area contributed by atoms with Gasteiger partial charge in [-0.15, -0.1) is 0 Å². The Bertz CT molecular complexity index is 1070. The molecule has 3 amide bonds. The molecule has 0 bridgehead atoms. The molecule has 0 aromatic heterocycles. The summed E-state index contributed by atoms with van der Waals surface area (Å²) in [5, 5.41) is 11.3. The monoisotopic (exact) mass is 417 g/mol. The first-order valence-electron chi connectivity index (χ1n) is 8.85. The van der Waals surface area contributed by atoms with Crippen molar-refractivity contribution in [1.82, 2.24) is 9.79 Å². The lowest BCUT2D eigenvalue weighted by atomic mass is 10.1. The molecule has 2 aromatic rings. The maximum Gasteiger partial charge on any atom is 0.274 e. The van der Waals surface area contributed by atoms with Gasteiger partial charge in [0.15, 0.2) is 0 Å². The van der Waals surface area contributed by atoms with Crippen molar-refractivity contribution in [2.24, 2.45) is 0 Å². The van der Waals surface area contributed by atoms with Crippen LogP contribution < -0.4 is 10.8 Å². The van der Waals surface area contributed by atoms with E-state index in [1.54, 1.807) is 24.3 Å². The summed E-state index contributed by atoms with van der Waals surface area (Å²) in [6.07, 6.45) is 0.823. The number of hydrogen-bond acceptors (Lipinski definition) is 6. The third-order valence-corrected chi connectivity index (χ3v) is 6.28. The first-order valence-corrected chi connectivity index (χ1v) is 10.3. The molecule has 1 aliphatic heterocycles. The molecule has 0 saturated carbocycles. The predicted molar refractivity (Wildman–Crippen MR) is 103 cm³/mol. The van der Waals surface area contributed by atoms with Crippen LogP contribution in [0.2, 0.25) is 0 Å². The fourth-order valence-electron chi connectivity index (χ4n) is 3.02. The van der Waals surface area contributed by atoms with Crippen molar-refractivity contribution in [3.05, 3.63) is 59.7 Å². The summed E-state index contributed by atoms with van der Waals surface area (Å²) in [6, 6.07) is 12.1. The Balaban J connectivity index is 1.51. The smallest absolute Gasteiger partial charge is 0.274 e. The van der Waals surface area contributed by atoms with E-state index in [1.165, 1.54) is 29.7 Å². The molecule has 2 aromatic carbocycles. The van der Waals surface area contributed by atoms with E-state index < -0.39 is 21.8 Å². The molecule has 9 nitrogen and oxygen atoms in total. The maximum absolute atomic E-state index is 12.5. The average Bonchev–Trinajstić information content (AvgIpc) is 2.91. The molecule has 29 heavy (non-hydrogen) atoms. The van der Waals surface area contributed by atoms with E-state index >= 15 is 0 Å². The molecule has 3 N–H and O–H groups in total. The SMILES string of the molecule is O=C(CCCCN1C(=O)c2ccccc2S1(=O)=O)Nc1cccc(C(=O)NO)c1. The molecular weight excluding hydrogens is 398 g/mol. The highest BCUT2D eigenvalue weighted by Crippen LogP contribution is 2.30. The van der Waals surface area contributed by atoms with Gasteiger partial charge in [0, 0.05) is 24.2 Å². The number of hydrogen-bond donors (Lipinski definition) is 3. The van der Waals surface area contributed by atoms with Gasteiger partial charge in [0.1, 0.15) is 4.90 Å². The first-order chi connectivity index (χ1) is 13.8. The zero-order valence-corrected chi connectivity index (χ0v) is 16.1. The largest absolute Gasteiger partial charge is 0.326 e. The number of rotatable bonds is 7. The second kappa shape index (κ2) is 8.41. The molecule has 10 heteroatoms. The van der Waals surface area contributed by atoms with Gasteiger partial charge in [-0.1, -0.05) is 18.2 Å². The zero-order chi connectivity index (χ0) is 21.0. The molecule has 3 rings (SSSR count). The van der Waals surface area contributed by atoms with E-state index in [9.17, 15) is 22.8 Å². The maximum atomic E-state index is 12.5. The minimum Gasteiger partial charge on any atom is -0.326 e. The predicted octanol–water partition coefficient (Wildman–Crippen LogP) is 1.76. The molecule has 0 atom stereocenters. The summed E-state index contributed by atoms with van der Waals surface area (Å²) >= 11 is 0. The van der Waals surface area contributed by atoms with Gasteiger partial charge >= 0.3 is 0 Å². The van der Waals surface area contributed by atoms with Crippen LogP contribution in [0, 0.1) is 0 Å². The molecule has 0 aliphatic carbocycles. The highest BCUT2D eigenvalue weighted by Gasteiger charge is 2.40. The van der Waals surface area contributed by atoms with Crippen molar-refractivity contribution in [3.8, 4) is 0 Å². The van der Waals surface area contributed by atoms with Crippen LogP contribution in [-0.4, -0.2) is 42.2 Å². The minimum atomic E-state index is -3.84. The number of amides is 3. The van der Waals surface area contributed by atoms with Gasteiger partial charge in [-0.05, 0) is 43.2 Å². The van der Waals surface area contributed by atoms with Crippen LogP contribution in [-0.2, 0) is 14.8 Å². The van der Waals surface area contributed by atoms with E-state index in [-0.39, 0.29) is 34.9 Å². The van der Waals surface area contributed by atoms with Gasteiger partial charge in [0.2, 0.25) is 5.91 Å². The Labute approximate surface area is 167 Å². The number of nitrogens with zero attached hydrogens (tertiary/aromatic N) is 1. The average molecular weight is 417 g/mol. The molecule has 0 spiro atoms. The lowest BCUT2D eigenvalue weighted by Crippen LogP contribution is -2.31. The van der Waals surface area contributed by atoms with E-state index in [0.717, 1.165) is 4.31 Å². The van der Waals surface area contributed by atoms with E-state index in [2.05, 4.69) is 5.32 Å². The third-order valence-electron chi connectivity index (χ3n) is 4.44. The summed E-state index contributed by atoms with van der Waals surface area (Å²) in [6.45, 7) is -0.00468. The second-order valence-electron chi connectivity index (χ2n) is 6.41. The van der Waals surface area contributed by atoms with Crippen molar-refractivity contribution in [3.63, 3.8) is 0 Å². The second-order valence-corrected chi connectivity index (χ2v) is 8.24.